The summed E-state index contributed by atoms with van der Waals surface area (Å²) in [5.41, 5.74) is 3.84. The number of aromatic amines is 1. The van der Waals surface area contributed by atoms with Crippen molar-refractivity contribution in [3.05, 3.63) is 66.0 Å². The number of nitrogens with zero attached hydrogens (tertiary/aromatic N) is 1. The van der Waals surface area contributed by atoms with Crippen molar-refractivity contribution in [2.75, 3.05) is 13.7 Å². The third kappa shape index (κ3) is 3.02. The molecular formula is C24H21N3O4. The number of rotatable bonds is 6. The van der Waals surface area contributed by atoms with Gasteiger partial charge in [-0.2, -0.15) is 0 Å². The fourth-order valence-electron chi connectivity index (χ4n) is 4.28. The molecule has 2 aromatic heterocycles. The molecule has 0 unspecified atom stereocenters. The van der Waals surface area contributed by atoms with Crippen molar-refractivity contribution in [2.45, 2.75) is 13.0 Å². The SMILES string of the molecule is COc1ccc2c(c1)c(C1=C(c3c[nH]c4ccccc34)C(=O)NC1=O)cn2CCCO. The molecule has 4 aromatic rings. The van der Waals surface area contributed by atoms with E-state index < -0.39 is 11.8 Å². The van der Waals surface area contributed by atoms with Crippen molar-refractivity contribution in [3.8, 4) is 5.75 Å². The van der Waals surface area contributed by atoms with Gasteiger partial charge in [0, 0.05) is 58.5 Å². The number of aliphatic hydroxyl groups is 1. The van der Waals surface area contributed by atoms with E-state index in [0.717, 1.165) is 21.8 Å². The number of imide groups is 1. The average Bonchev–Trinajstić information content (AvgIpc) is 3.44. The molecule has 31 heavy (non-hydrogen) atoms. The van der Waals surface area contributed by atoms with E-state index >= 15 is 0 Å². The molecule has 0 bridgehead atoms. The number of para-hydroxylation sites is 1. The van der Waals surface area contributed by atoms with E-state index in [-0.39, 0.29) is 6.61 Å². The van der Waals surface area contributed by atoms with Crippen LogP contribution in [0.3, 0.4) is 0 Å². The third-order valence-electron chi connectivity index (χ3n) is 5.70. The standard InChI is InChI=1S/C24H21N3O4/c1-31-14-7-8-20-16(11-14)18(13-27(20)9-4-10-28)22-21(23(29)26-24(22)30)17-12-25-19-6-3-2-5-15(17)19/h2-3,5-8,11-13,25,28H,4,9-10H2,1H3,(H,26,29,30). The van der Waals surface area contributed by atoms with Gasteiger partial charge in [-0.1, -0.05) is 18.2 Å². The summed E-state index contributed by atoms with van der Waals surface area (Å²) in [5, 5.41) is 13.4. The lowest BCUT2D eigenvalue weighted by Crippen LogP contribution is -2.22. The van der Waals surface area contributed by atoms with Crippen molar-refractivity contribution in [3.63, 3.8) is 0 Å². The quantitative estimate of drug-likeness (QED) is 0.422. The summed E-state index contributed by atoms with van der Waals surface area (Å²) in [6.45, 7) is 0.651. The Morgan fingerprint density at radius 3 is 2.55 bits per heavy atom. The Labute approximate surface area is 177 Å². The lowest BCUT2D eigenvalue weighted by Gasteiger charge is -2.05. The smallest absolute Gasteiger partial charge is 0.259 e. The number of nitrogens with one attached hydrogen (secondary N) is 2. The monoisotopic (exact) mass is 415 g/mol. The predicted molar refractivity (Wildman–Crippen MR) is 118 cm³/mol. The van der Waals surface area contributed by atoms with Crippen molar-refractivity contribution < 1.29 is 19.4 Å². The summed E-state index contributed by atoms with van der Waals surface area (Å²) in [6, 6.07) is 13.3. The number of amides is 2. The Morgan fingerprint density at radius 2 is 1.77 bits per heavy atom. The first-order chi connectivity index (χ1) is 15.1. The van der Waals surface area contributed by atoms with Crippen molar-refractivity contribution >= 4 is 44.8 Å². The topological polar surface area (TPSA) is 96.4 Å². The van der Waals surface area contributed by atoms with E-state index in [1.807, 2.05) is 53.2 Å². The normalized spacial score (nSPS) is 14.1. The number of aryl methyl sites for hydroxylation is 1. The molecule has 0 spiro atoms. The van der Waals surface area contributed by atoms with Crippen LogP contribution in [0.5, 0.6) is 5.75 Å². The molecule has 1 aliphatic heterocycles. The first-order valence-electron chi connectivity index (χ1n) is 10.1. The van der Waals surface area contributed by atoms with E-state index in [9.17, 15) is 14.7 Å². The number of aliphatic hydroxyl groups excluding tert-OH is 1. The molecule has 0 atom stereocenters. The van der Waals surface area contributed by atoms with Crippen LogP contribution >= 0.6 is 0 Å². The maximum absolute atomic E-state index is 13.0. The molecule has 1 aliphatic rings. The number of methoxy groups -OCH3 is 1. The van der Waals surface area contributed by atoms with Crippen molar-refractivity contribution in [2.24, 2.45) is 0 Å². The van der Waals surface area contributed by atoms with Gasteiger partial charge in [0.25, 0.3) is 11.8 Å². The molecule has 0 fully saturated rings. The van der Waals surface area contributed by atoms with E-state index in [4.69, 9.17) is 4.74 Å². The highest BCUT2D eigenvalue weighted by molar-refractivity contribution is 6.50. The lowest BCUT2D eigenvalue weighted by molar-refractivity contribution is -0.122. The highest BCUT2D eigenvalue weighted by Gasteiger charge is 2.35. The van der Waals surface area contributed by atoms with Crippen LogP contribution in [-0.4, -0.2) is 40.2 Å². The fraction of sp³-hybridized carbons (Fsp3) is 0.167. The van der Waals surface area contributed by atoms with Crippen LogP contribution in [0.2, 0.25) is 0 Å². The summed E-state index contributed by atoms with van der Waals surface area (Å²) >= 11 is 0. The minimum atomic E-state index is -0.422. The second-order valence-electron chi connectivity index (χ2n) is 7.48. The zero-order valence-electron chi connectivity index (χ0n) is 16.9. The number of carbonyl (C=O) groups excluding carboxylic acids is 2. The Kier molecular flexibility index (Phi) is 4.60. The van der Waals surface area contributed by atoms with Crippen LogP contribution < -0.4 is 10.1 Å². The molecule has 3 N–H and O–H groups in total. The Bertz CT molecular complexity index is 1380. The van der Waals surface area contributed by atoms with Crippen LogP contribution in [0.25, 0.3) is 33.0 Å². The molecule has 0 saturated carbocycles. The minimum absolute atomic E-state index is 0.0629. The highest BCUT2D eigenvalue weighted by atomic mass is 16.5. The van der Waals surface area contributed by atoms with E-state index in [2.05, 4.69) is 10.3 Å². The maximum Gasteiger partial charge on any atom is 0.259 e. The van der Waals surface area contributed by atoms with Gasteiger partial charge in [-0.05, 0) is 30.7 Å². The number of hydrogen-bond acceptors (Lipinski definition) is 4. The van der Waals surface area contributed by atoms with Crippen LogP contribution in [0.4, 0.5) is 0 Å². The largest absolute Gasteiger partial charge is 0.497 e. The van der Waals surface area contributed by atoms with Crippen molar-refractivity contribution in [1.82, 2.24) is 14.9 Å². The molecule has 2 aromatic carbocycles. The predicted octanol–water partition coefficient (Wildman–Crippen LogP) is 3.08. The second kappa shape index (κ2) is 7.45. The molecule has 0 radical (unpaired) electrons. The van der Waals surface area contributed by atoms with Gasteiger partial charge in [-0.3, -0.25) is 14.9 Å². The van der Waals surface area contributed by atoms with E-state index in [0.29, 0.717) is 41.0 Å². The number of hydrogen-bond donors (Lipinski definition) is 3. The number of carbonyl (C=O) groups is 2. The van der Waals surface area contributed by atoms with Crippen molar-refractivity contribution in [1.29, 1.82) is 0 Å². The Hall–Kier alpha value is -3.84. The molecular weight excluding hydrogens is 394 g/mol. The van der Waals surface area contributed by atoms with Crippen LogP contribution in [0, 0.1) is 0 Å². The third-order valence-corrected chi connectivity index (χ3v) is 5.70. The molecule has 2 amide bonds. The molecule has 0 saturated heterocycles. The van der Waals surface area contributed by atoms with Crippen LogP contribution in [-0.2, 0) is 16.1 Å². The number of ether oxygens (including phenoxy) is 1. The molecule has 7 heteroatoms. The summed E-state index contributed by atoms with van der Waals surface area (Å²) in [6.07, 6.45) is 4.22. The average molecular weight is 415 g/mol. The van der Waals surface area contributed by atoms with Gasteiger partial charge in [-0.25, -0.2) is 0 Å². The highest BCUT2D eigenvalue weighted by Crippen LogP contribution is 2.39. The summed E-state index contributed by atoms with van der Waals surface area (Å²) in [4.78, 5) is 29.0. The number of H-pyrrole nitrogens is 1. The molecule has 5 rings (SSSR count). The van der Waals surface area contributed by atoms with E-state index in [1.165, 1.54) is 0 Å². The number of aromatic nitrogens is 2. The van der Waals surface area contributed by atoms with Gasteiger partial charge in [0.05, 0.1) is 18.3 Å². The zero-order valence-corrected chi connectivity index (χ0v) is 16.9. The van der Waals surface area contributed by atoms with Crippen LogP contribution in [0.15, 0.2) is 54.9 Å². The first kappa shape index (κ1) is 19.1. The van der Waals surface area contributed by atoms with Gasteiger partial charge in [0.15, 0.2) is 0 Å². The van der Waals surface area contributed by atoms with Gasteiger partial charge in [0.2, 0.25) is 0 Å². The van der Waals surface area contributed by atoms with Gasteiger partial charge in [-0.15, -0.1) is 0 Å². The summed E-state index contributed by atoms with van der Waals surface area (Å²) < 4.78 is 7.39. The second-order valence-corrected chi connectivity index (χ2v) is 7.48. The van der Waals surface area contributed by atoms with Gasteiger partial charge in [0.1, 0.15) is 5.75 Å². The Morgan fingerprint density at radius 1 is 1.00 bits per heavy atom. The lowest BCUT2D eigenvalue weighted by atomic mass is 9.95. The minimum Gasteiger partial charge on any atom is -0.497 e. The van der Waals surface area contributed by atoms with Gasteiger partial charge >= 0.3 is 0 Å². The summed E-state index contributed by atoms with van der Waals surface area (Å²) in [7, 11) is 1.59. The fourth-order valence-corrected chi connectivity index (χ4v) is 4.28. The van der Waals surface area contributed by atoms with E-state index in [1.54, 1.807) is 13.3 Å². The van der Waals surface area contributed by atoms with Gasteiger partial charge < -0.3 is 19.4 Å². The first-order valence-corrected chi connectivity index (χ1v) is 10.1. The molecule has 7 nitrogen and oxygen atoms in total. The molecule has 3 heterocycles. The van der Waals surface area contributed by atoms with Crippen LogP contribution in [0.1, 0.15) is 17.5 Å². The summed E-state index contributed by atoms with van der Waals surface area (Å²) in [5.74, 6) is -0.175. The zero-order chi connectivity index (χ0) is 21.5. The maximum atomic E-state index is 13.0. The number of benzene rings is 2. The number of fused-ring (bicyclic) bond motifs is 2. The molecule has 0 aliphatic carbocycles. The molecule has 156 valence electrons. The Balaban J connectivity index is 1.80.